The first-order valence-corrected chi connectivity index (χ1v) is 12.1. The van der Waals surface area contributed by atoms with Crippen LogP contribution in [0, 0.1) is 0 Å². The van der Waals surface area contributed by atoms with Crippen molar-refractivity contribution >= 4 is 27.0 Å². The van der Waals surface area contributed by atoms with Crippen molar-refractivity contribution in [3.8, 4) is 0 Å². The molecule has 1 aromatic heterocycles. The van der Waals surface area contributed by atoms with E-state index in [-0.39, 0.29) is 28.8 Å². The smallest absolute Gasteiger partial charge is 0.251 e. The van der Waals surface area contributed by atoms with E-state index in [1.54, 1.807) is 31.3 Å². The van der Waals surface area contributed by atoms with Gasteiger partial charge in [-0.15, -0.1) is 0 Å². The Hall–Kier alpha value is -2.71. The summed E-state index contributed by atoms with van der Waals surface area (Å²) < 4.78 is 29.4. The molecule has 0 aliphatic rings. The minimum absolute atomic E-state index is 0.0359. The third-order valence-electron chi connectivity index (χ3n) is 5.45. The summed E-state index contributed by atoms with van der Waals surface area (Å²) >= 11 is 0. The number of hydrogen-bond donors (Lipinski definition) is 1. The molecule has 0 radical (unpaired) electrons. The van der Waals surface area contributed by atoms with Crippen molar-refractivity contribution in [1.82, 2.24) is 19.2 Å². The Morgan fingerprint density at radius 1 is 1.12 bits per heavy atom. The van der Waals surface area contributed by atoms with Gasteiger partial charge in [0.2, 0.25) is 10.0 Å². The van der Waals surface area contributed by atoms with Gasteiger partial charge in [-0.1, -0.05) is 32.9 Å². The molecule has 0 bridgehead atoms. The summed E-state index contributed by atoms with van der Waals surface area (Å²) in [6.07, 6.45) is 0. The van der Waals surface area contributed by atoms with E-state index in [1.165, 1.54) is 4.31 Å². The van der Waals surface area contributed by atoms with Gasteiger partial charge in [-0.05, 0) is 55.2 Å². The fourth-order valence-corrected chi connectivity index (χ4v) is 4.59. The van der Waals surface area contributed by atoms with Gasteiger partial charge in [0.15, 0.2) is 0 Å². The van der Waals surface area contributed by atoms with Crippen LogP contribution in [0.15, 0.2) is 47.4 Å². The zero-order valence-electron chi connectivity index (χ0n) is 19.8. The predicted molar refractivity (Wildman–Crippen MR) is 127 cm³/mol. The predicted octanol–water partition coefficient (Wildman–Crippen LogP) is 3.83. The average Bonchev–Trinajstić information content (AvgIpc) is 3.01. The van der Waals surface area contributed by atoms with Crippen LogP contribution >= 0.6 is 0 Å². The lowest BCUT2D eigenvalue weighted by Gasteiger charge is -2.20. The Kier molecular flexibility index (Phi) is 6.49. The number of benzene rings is 2. The molecule has 0 unspecified atom stereocenters. The Labute approximate surface area is 190 Å². The van der Waals surface area contributed by atoms with Crippen LogP contribution in [0.3, 0.4) is 0 Å². The van der Waals surface area contributed by atoms with Gasteiger partial charge < -0.3 is 9.88 Å². The number of sulfonamides is 1. The van der Waals surface area contributed by atoms with Gasteiger partial charge >= 0.3 is 0 Å². The van der Waals surface area contributed by atoms with Gasteiger partial charge in [-0.2, -0.15) is 4.31 Å². The zero-order valence-corrected chi connectivity index (χ0v) is 20.6. The molecule has 0 saturated heterocycles. The Morgan fingerprint density at radius 2 is 1.75 bits per heavy atom. The van der Waals surface area contributed by atoms with Crippen molar-refractivity contribution in [3.63, 3.8) is 0 Å². The number of hydrogen-bond acceptors (Lipinski definition) is 4. The second-order valence-electron chi connectivity index (χ2n) is 9.45. The van der Waals surface area contributed by atoms with E-state index in [2.05, 4.69) is 31.1 Å². The minimum atomic E-state index is -3.67. The summed E-state index contributed by atoms with van der Waals surface area (Å²) in [4.78, 5) is 17.2. The van der Waals surface area contributed by atoms with E-state index in [0.717, 1.165) is 11.1 Å². The van der Waals surface area contributed by atoms with Crippen LogP contribution < -0.4 is 5.32 Å². The summed E-state index contributed by atoms with van der Waals surface area (Å²) in [5, 5.41) is 2.87. The Morgan fingerprint density at radius 3 is 2.31 bits per heavy atom. The summed E-state index contributed by atoms with van der Waals surface area (Å²) in [6.45, 7) is 10.2. The second-order valence-corrected chi connectivity index (χ2v) is 11.5. The molecule has 172 valence electrons. The molecule has 1 N–H and O–H groups in total. The van der Waals surface area contributed by atoms with Gasteiger partial charge in [-0.25, -0.2) is 13.4 Å². The summed E-state index contributed by atoms with van der Waals surface area (Å²) in [5.74, 6) is 0.436. The fraction of sp³-hybridized carbons (Fsp3) is 0.417. The van der Waals surface area contributed by atoms with Crippen LogP contribution in [0.4, 0.5) is 0 Å². The normalized spacial score (nSPS) is 12.7. The summed E-state index contributed by atoms with van der Waals surface area (Å²) in [5.41, 5.74) is 3.04. The molecule has 0 saturated carbocycles. The molecule has 32 heavy (non-hydrogen) atoms. The first-order valence-electron chi connectivity index (χ1n) is 10.6. The lowest BCUT2D eigenvalue weighted by Crippen LogP contribution is -2.29. The number of imidazole rings is 1. The van der Waals surface area contributed by atoms with Gasteiger partial charge in [0.05, 0.1) is 22.5 Å². The quantitative estimate of drug-likeness (QED) is 0.611. The monoisotopic (exact) mass is 456 g/mol. The van der Waals surface area contributed by atoms with E-state index in [4.69, 9.17) is 0 Å². The number of carbonyl (C=O) groups excluding carboxylic acids is 1. The zero-order chi connectivity index (χ0) is 23.8. The van der Waals surface area contributed by atoms with E-state index < -0.39 is 10.0 Å². The van der Waals surface area contributed by atoms with Gasteiger partial charge in [-0.3, -0.25) is 4.79 Å². The van der Waals surface area contributed by atoms with Crippen molar-refractivity contribution in [1.29, 1.82) is 0 Å². The highest BCUT2D eigenvalue weighted by Gasteiger charge is 2.24. The van der Waals surface area contributed by atoms with E-state index in [1.807, 2.05) is 43.7 Å². The number of rotatable bonds is 6. The van der Waals surface area contributed by atoms with Crippen molar-refractivity contribution in [2.75, 3.05) is 7.05 Å². The topological polar surface area (TPSA) is 84.3 Å². The molecule has 7 nitrogen and oxygen atoms in total. The lowest BCUT2D eigenvalue weighted by atomic mass is 9.87. The van der Waals surface area contributed by atoms with E-state index in [9.17, 15) is 13.2 Å². The largest absolute Gasteiger partial charge is 0.350 e. The lowest BCUT2D eigenvalue weighted by molar-refractivity contribution is 0.0943. The fourth-order valence-electron chi connectivity index (χ4n) is 3.47. The van der Waals surface area contributed by atoms with Crippen LogP contribution in [0.1, 0.15) is 56.4 Å². The number of aryl methyl sites for hydroxylation is 1. The second kappa shape index (κ2) is 8.67. The molecule has 3 rings (SSSR count). The molecular formula is C24H32N4O3S. The molecule has 0 fully saturated rings. The minimum Gasteiger partial charge on any atom is -0.350 e. The Balaban J connectivity index is 1.86. The average molecular weight is 457 g/mol. The van der Waals surface area contributed by atoms with Crippen LogP contribution in [0.2, 0.25) is 0 Å². The number of nitrogens with one attached hydrogen (secondary N) is 1. The van der Waals surface area contributed by atoms with E-state index >= 15 is 0 Å². The maximum absolute atomic E-state index is 13.1. The highest BCUT2D eigenvalue weighted by Crippen LogP contribution is 2.25. The molecule has 0 spiro atoms. The van der Waals surface area contributed by atoms with Crippen molar-refractivity contribution in [2.24, 2.45) is 7.05 Å². The summed E-state index contributed by atoms with van der Waals surface area (Å²) in [6, 6.07) is 12.4. The van der Waals surface area contributed by atoms with Crippen LogP contribution in [-0.2, 0) is 29.0 Å². The van der Waals surface area contributed by atoms with E-state index in [0.29, 0.717) is 16.9 Å². The Bertz CT molecular complexity index is 1240. The number of aromatic nitrogens is 2. The number of carbonyl (C=O) groups is 1. The molecular weight excluding hydrogens is 424 g/mol. The van der Waals surface area contributed by atoms with Gasteiger partial charge in [0, 0.05) is 25.7 Å². The van der Waals surface area contributed by atoms with Crippen LogP contribution in [0.5, 0.6) is 0 Å². The van der Waals surface area contributed by atoms with Crippen molar-refractivity contribution in [2.45, 2.75) is 57.5 Å². The highest BCUT2D eigenvalue weighted by molar-refractivity contribution is 7.89. The molecule has 3 aromatic rings. The SMILES string of the molecule is CC(C)NC(=O)c1ccc2c(c1)nc(CN(C)S(=O)(=O)c1ccc(C(C)(C)C)cc1)n2C. The molecule has 0 atom stereocenters. The molecule has 2 aromatic carbocycles. The molecule has 1 amide bonds. The highest BCUT2D eigenvalue weighted by atomic mass is 32.2. The molecule has 0 aliphatic carbocycles. The third kappa shape index (κ3) is 4.86. The standard InChI is InChI=1S/C24H32N4O3S/c1-16(2)25-23(29)17-8-13-21-20(14-17)26-22(28(21)7)15-27(6)32(30,31)19-11-9-18(10-12-19)24(3,4)5/h8-14,16H,15H2,1-7H3,(H,25,29). The van der Waals surface area contributed by atoms with Gasteiger partial charge in [0.1, 0.15) is 5.82 Å². The first-order chi connectivity index (χ1) is 14.8. The maximum Gasteiger partial charge on any atom is 0.251 e. The molecule has 0 aliphatic heterocycles. The molecule has 1 heterocycles. The first kappa shape index (κ1) is 23.9. The van der Waals surface area contributed by atoms with Crippen LogP contribution in [-0.4, -0.2) is 41.3 Å². The number of nitrogens with zero attached hydrogens (tertiary/aromatic N) is 3. The van der Waals surface area contributed by atoms with Gasteiger partial charge in [0.25, 0.3) is 5.91 Å². The number of fused-ring (bicyclic) bond motifs is 1. The van der Waals surface area contributed by atoms with Crippen molar-refractivity contribution < 1.29 is 13.2 Å². The molecule has 8 heteroatoms. The number of amides is 1. The van der Waals surface area contributed by atoms with Crippen molar-refractivity contribution in [3.05, 3.63) is 59.4 Å². The van der Waals surface area contributed by atoms with Crippen LogP contribution in [0.25, 0.3) is 11.0 Å². The maximum atomic E-state index is 13.1. The summed E-state index contributed by atoms with van der Waals surface area (Å²) in [7, 11) is -0.279. The third-order valence-corrected chi connectivity index (χ3v) is 7.27.